The largest absolute Gasteiger partial charge is 0.377 e. The van der Waals surface area contributed by atoms with Crippen LogP contribution in [0.15, 0.2) is 0 Å². The van der Waals surface area contributed by atoms with Gasteiger partial charge in [0.2, 0.25) is 0 Å². The van der Waals surface area contributed by atoms with Crippen LogP contribution < -0.4 is 5.32 Å². The lowest BCUT2D eigenvalue weighted by molar-refractivity contribution is 0.835. The zero-order valence-electron chi connectivity index (χ0n) is 7.31. The van der Waals surface area contributed by atoms with Crippen molar-refractivity contribution in [2.45, 2.75) is 25.0 Å². The van der Waals surface area contributed by atoms with E-state index in [2.05, 4.69) is 18.5 Å². The average molecular weight is 192 g/mol. The molecule has 2 N–H and O–H groups in total. The highest BCUT2D eigenvalue weighted by atomic mass is 33.1. The number of hydrogen-bond donors (Lipinski definition) is 2. The van der Waals surface area contributed by atoms with Gasteiger partial charge in [-0.1, -0.05) is 28.5 Å². The summed E-state index contributed by atoms with van der Waals surface area (Å²) in [6, 6.07) is 0. The predicted molar refractivity (Wildman–Crippen MR) is 56.6 cm³/mol. The highest BCUT2D eigenvalue weighted by Gasteiger charge is 2.02. The molecule has 0 aromatic carbocycles. The van der Waals surface area contributed by atoms with Gasteiger partial charge in [-0.05, 0) is 12.7 Å². The van der Waals surface area contributed by atoms with Crippen LogP contribution >= 0.6 is 21.6 Å². The molecular weight excluding hydrogens is 176 g/mol. The summed E-state index contributed by atoms with van der Waals surface area (Å²) in [4.78, 5) is 0. The lowest BCUT2D eigenvalue weighted by atomic mass is 10.2. The van der Waals surface area contributed by atoms with Crippen LogP contribution in [0.25, 0.3) is 0 Å². The quantitative estimate of drug-likeness (QED) is 0.399. The molecule has 0 bridgehead atoms. The molecule has 2 nitrogen and oxygen atoms in total. The zero-order chi connectivity index (χ0) is 8.69. The smallest absolute Gasteiger partial charge is 0.0929 e. The molecule has 0 aliphatic heterocycles. The zero-order valence-corrected chi connectivity index (χ0v) is 8.94. The van der Waals surface area contributed by atoms with E-state index in [1.54, 1.807) is 17.8 Å². The van der Waals surface area contributed by atoms with Gasteiger partial charge >= 0.3 is 0 Å². The van der Waals surface area contributed by atoms with Crippen molar-refractivity contribution in [1.29, 1.82) is 5.41 Å². The third-order valence-corrected chi connectivity index (χ3v) is 3.68. The summed E-state index contributed by atoms with van der Waals surface area (Å²) in [6.07, 6.45) is 4.04. The lowest BCUT2D eigenvalue weighted by Crippen LogP contribution is -2.17. The predicted octanol–water partition coefficient (Wildman–Crippen LogP) is 2.36. The molecule has 0 saturated carbocycles. The average Bonchev–Trinajstić information content (AvgIpc) is 2.01. The third kappa shape index (κ3) is 6.56. The maximum atomic E-state index is 7.34. The molecule has 0 radical (unpaired) electrons. The van der Waals surface area contributed by atoms with Crippen LogP contribution in [0.3, 0.4) is 0 Å². The van der Waals surface area contributed by atoms with Gasteiger partial charge in [-0.3, -0.25) is 5.41 Å². The van der Waals surface area contributed by atoms with Gasteiger partial charge in [-0.2, -0.15) is 0 Å². The molecule has 0 rings (SSSR count). The molecule has 1 atom stereocenters. The molecule has 0 spiro atoms. The Morgan fingerprint density at radius 1 is 1.64 bits per heavy atom. The van der Waals surface area contributed by atoms with E-state index in [-0.39, 0.29) is 0 Å². The van der Waals surface area contributed by atoms with E-state index in [1.165, 1.54) is 0 Å². The van der Waals surface area contributed by atoms with Gasteiger partial charge in [0.15, 0.2) is 0 Å². The molecule has 0 aromatic heterocycles. The number of amidine groups is 1. The molecule has 0 amide bonds. The maximum Gasteiger partial charge on any atom is 0.0929 e. The molecule has 66 valence electrons. The summed E-state index contributed by atoms with van der Waals surface area (Å²) in [6.45, 7) is 2.20. The highest BCUT2D eigenvalue weighted by Crippen LogP contribution is 2.26. The number of rotatable bonds is 5. The van der Waals surface area contributed by atoms with E-state index >= 15 is 0 Å². The molecule has 0 fully saturated rings. The van der Waals surface area contributed by atoms with Crippen LogP contribution in [0.1, 0.15) is 19.8 Å². The minimum atomic E-state index is 0.638. The van der Waals surface area contributed by atoms with Gasteiger partial charge < -0.3 is 5.32 Å². The highest BCUT2D eigenvalue weighted by molar-refractivity contribution is 8.76. The van der Waals surface area contributed by atoms with E-state index in [4.69, 9.17) is 5.41 Å². The summed E-state index contributed by atoms with van der Waals surface area (Å²) in [5.41, 5.74) is 0. The van der Waals surface area contributed by atoms with Crippen LogP contribution in [-0.4, -0.2) is 24.4 Å². The van der Waals surface area contributed by atoms with E-state index < -0.39 is 0 Å². The Morgan fingerprint density at radius 3 is 2.73 bits per heavy atom. The van der Waals surface area contributed by atoms with E-state index in [0.29, 0.717) is 11.1 Å². The summed E-state index contributed by atoms with van der Waals surface area (Å²) in [5, 5.41) is 10.8. The second-order valence-corrected chi connectivity index (χ2v) is 5.25. The monoisotopic (exact) mass is 192 g/mol. The van der Waals surface area contributed by atoms with Gasteiger partial charge in [0.25, 0.3) is 0 Å². The van der Waals surface area contributed by atoms with Crippen molar-refractivity contribution in [1.82, 2.24) is 5.32 Å². The van der Waals surface area contributed by atoms with Crippen molar-refractivity contribution in [2.24, 2.45) is 0 Å². The Hall–Kier alpha value is 0.170. The Kier molecular flexibility index (Phi) is 6.96. The van der Waals surface area contributed by atoms with Gasteiger partial charge in [-0.25, -0.2) is 0 Å². The topological polar surface area (TPSA) is 35.9 Å². The van der Waals surface area contributed by atoms with Crippen molar-refractivity contribution in [2.75, 3.05) is 13.3 Å². The molecule has 0 aliphatic rings. The van der Waals surface area contributed by atoms with Crippen molar-refractivity contribution < 1.29 is 0 Å². The SMILES string of the molecule is CNC(=N)CCC(C)SSC. The van der Waals surface area contributed by atoms with Crippen LogP contribution in [-0.2, 0) is 0 Å². The number of hydrogen-bond acceptors (Lipinski definition) is 3. The fraction of sp³-hybridized carbons (Fsp3) is 0.857. The first-order valence-corrected chi connectivity index (χ1v) is 6.27. The standard InChI is InChI=1S/C7H16N2S2/c1-6(11-10-3)4-5-7(8)9-2/h6H,4-5H2,1-3H3,(H2,8,9). The van der Waals surface area contributed by atoms with Crippen LogP contribution in [0.2, 0.25) is 0 Å². The van der Waals surface area contributed by atoms with Crippen LogP contribution in [0, 0.1) is 5.41 Å². The Labute approximate surface area is 76.8 Å². The third-order valence-electron chi connectivity index (χ3n) is 1.36. The molecule has 11 heavy (non-hydrogen) atoms. The molecule has 0 heterocycles. The molecular formula is C7H16N2S2. The first kappa shape index (κ1) is 11.2. The minimum absolute atomic E-state index is 0.638. The molecule has 0 saturated heterocycles. The fourth-order valence-corrected chi connectivity index (χ4v) is 2.50. The molecule has 1 unspecified atom stereocenters. The van der Waals surface area contributed by atoms with Crippen molar-refractivity contribution in [3.63, 3.8) is 0 Å². The minimum Gasteiger partial charge on any atom is -0.377 e. The summed E-state index contributed by atoms with van der Waals surface area (Å²) in [5.74, 6) is 0.638. The summed E-state index contributed by atoms with van der Waals surface area (Å²) < 4.78 is 0. The lowest BCUT2D eigenvalue weighted by Gasteiger charge is -2.08. The first-order valence-electron chi connectivity index (χ1n) is 3.65. The van der Waals surface area contributed by atoms with Crippen molar-refractivity contribution in [3.05, 3.63) is 0 Å². The fourth-order valence-electron chi connectivity index (χ4n) is 0.685. The Bertz CT molecular complexity index is 117. The molecule has 4 heteroatoms. The second kappa shape index (κ2) is 6.85. The van der Waals surface area contributed by atoms with Crippen molar-refractivity contribution >= 4 is 27.4 Å². The van der Waals surface area contributed by atoms with E-state index in [0.717, 1.165) is 12.8 Å². The van der Waals surface area contributed by atoms with Gasteiger partial charge in [0.1, 0.15) is 0 Å². The van der Waals surface area contributed by atoms with Crippen LogP contribution in [0.4, 0.5) is 0 Å². The normalized spacial score (nSPS) is 12.6. The molecule has 0 aromatic rings. The maximum absolute atomic E-state index is 7.34. The first-order chi connectivity index (χ1) is 5.20. The Morgan fingerprint density at radius 2 is 2.27 bits per heavy atom. The van der Waals surface area contributed by atoms with Crippen molar-refractivity contribution in [3.8, 4) is 0 Å². The summed E-state index contributed by atoms with van der Waals surface area (Å²) in [7, 11) is 5.47. The number of nitrogens with one attached hydrogen (secondary N) is 2. The van der Waals surface area contributed by atoms with Crippen LogP contribution in [0.5, 0.6) is 0 Å². The van der Waals surface area contributed by atoms with Gasteiger partial charge in [0.05, 0.1) is 5.84 Å². The Balaban J connectivity index is 3.29. The van der Waals surface area contributed by atoms with Gasteiger partial charge in [-0.15, -0.1) is 0 Å². The van der Waals surface area contributed by atoms with E-state index in [1.807, 2.05) is 10.8 Å². The molecule has 0 aliphatic carbocycles. The second-order valence-electron chi connectivity index (χ2n) is 2.34. The summed E-state index contributed by atoms with van der Waals surface area (Å²) >= 11 is 0. The van der Waals surface area contributed by atoms with E-state index in [9.17, 15) is 0 Å². The van der Waals surface area contributed by atoms with Gasteiger partial charge in [0, 0.05) is 18.7 Å².